The standard InChI is InChI=1S/C11H10BrF3N2O3/c1-10(9(19)20,11(13,14)15)17-7-3-2-5(12)4-6(7)8(16)18/h2-4,17H,1H3,(H2,16,18)(H,19,20). The number of halogens is 4. The third kappa shape index (κ3) is 3.03. The van der Waals surface area contributed by atoms with Crippen molar-refractivity contribution in [2.24, 2.45) is 5.73 Å². The Hall–Kier alpha value is -1.77. The Morgan fingerprint density at radius 1 is 1.35 bits per heavy atom. The van der Waals surface area contributed by atoms with E-state index in [1.807, 2.05) is 5.32 Å². The number of carbonyl (C=O) groups is 2. The number of amides is 1. The quantitative estimate of drug-likeness (QED) is 0.773. The van der Waals surface area contributed by atoms with Gasteiger partial charge >= 0.3 is 12.1 Å². The number of carboxylic acid groups (broad SMARTS) is 1. The molecule has 1 aromatic carbocycles. The summed E-state index contributed by atoms with van der Waals surface area (Å²) in [6.45, 7) is 0.460. The summed E-state index contributed by atoms with van der Waals surface area (Å²) in [4.78, 5) is 22.1. The fraction of sp³-hybridized carbons (Fsp3) is 0.273. The summed E-state index contributed by atoms with van der Waals surface area (Å²) in [6.07, 6.45) is -5.07. The van der Waals surface area contributed by atoms with E-state index in [0.717, 1.165) is 6.07 Å². The molecule has 0 aromatic heterocycles. The Morgan fingerprint density at radius 3 is 2.30 bits per heavy atom. The summed E-state index contributed by atoms with van der Waals surface area (Å²) >= 11 is 3.04. The Balaban J connectivity index is 3.33. The van der Waals surface area contributed by atoms with Gasteiger partial charge in [0.25, 0.3) is 5.91 Å². The lowest BCUT2D eigenvalue weighted by Crippen LogP contribution is -2.55. The zero-order valence-electron chi connectivity index (χ0n) is 10.1. The molecule has 1 amide bonds. The van der Waals surface area contributed by atoms with Crippen LogP contribution in [0.1, 0.15) is 17.3 Å². The van der Waals surface area contributed by atoms with Gasteiger partial charge in [-0.05, 0) is 25.1 Å². The maximum absolute atomic E-state index is 12.9. The van der Waals surface area contributed by atoms with E-state index >= 15 is 0 Å². The van der Waals surface area contributed by atoms with Crippen molar-refractivity contribution in [1.82, 2.24) is 0 Å². The van der Waals surface area contributed by atoms with Gasteiger partial charge in [-0.2, -0.15) is 13.2 Å². The van der Waals surface area contributed by atoms with Crippen LogP contribution in [0.15, 0.2) is 22.7 Å². The molecule has 0 radical (unpaired) electrons. The van der Waals surface area contributed by atoms with Gasteiger partial charge in [0, 0.05) is 10.2 Å². The molecule has 20 heavy (non-hydrogen) atoms. The minimum absolute atomic E-state index is 0.254. The van der Waals surface area contributed by atoms with Crippen molar-refractivity contribution >= 4 is 33.5 Å². The van der Waals surface area contributed by atoms with Crippen molar-refractivity contribution < 1.29 is 27.9 Å². The fourth-order valence-electron chi connectivity index (χ4n) is 1.34. The predicted molar refractivity (Wildman–Crippen MR) is 68.4 cm³/mol. The first-order valence-corrected chi connectivity index (χ1v) is 5.96. The number of rotatable bonds is 4. The van der Waals surface area contributed by atoms with Gasteiger partial charge in [0.05, 0.1) is 5.56 Å². The predicted octanol–water partition coefficient (Wildman–Crippen LogP) is 2.37. The molecule has 1 rings (SSSR count). The van der Waals surface area contributed by atoms with Gasteiger partial charge < -0.3 is 16.2 Å². The number of carboxylic acids is 1. The summed E-state index contributed by atoms with van der Waals surface area (Å²) in [5.41, 5.74) is 1.24. The topological polar surface area (TPSA) is 92.4 Å². The highest BCUT2D eigenvalue weighted by Crippen LogP contribution is 2.35. The van der Waals surface area contributed by atoms with E-state index in [2.05, 4.69) is 15.9 Å². The van der Waals surface area contributed by atoms with Crippen LogP contribution in [0.25, 0.3) is 0 Å². The van der Waals surface area contributed by atoms with Crippen LogP contribution in [0.3, 0.4) is 0 Å². The minimum Gasteiger partial charge on any atom is -0.479 e. The highest BCUT2D eigenvalue weighted by Gasteiger charge is 2.57. The number of anilines is 1. The molecule has 9 heteroatoms. The van der Waals surface area contributed by atoms with Crippen molar-refractivity contribution in [1.29, 1.82) is 0 Å². The molecule has 0 aliphatic carbocycles. The lowest BCUT2D eigenvalue weighted by atomic mass is 10.0. The molecule has 1 unspecified atom stereocenters. The summed E-state index contributed by atoms with van der Waals surface area (Å²) in [6, 6.07) is 3.69. The number of primary amides is 1. The zero-order chi connectivity index (χ0) is 15.7. The third-order valence-electron chi connectivity index (χ3n) is 2.63. The van der Waals surface area contributed by atoms with Crippen LogP contribution in [0.4, 0.5) is 18.9 Å². The van der Waals surface area contributed by atoms with E-state index < -0.39 is 23.6 Å². The van der Waals surface area contributed by atoms with Gasteiger partial charge in [0.2, 0.25) is 5.54 Å². The van der Waals surface area contributed by atoms with Gasteiger partial charge in [-0.15, -0.1) is 0 Å². The maximum Gasteiger partial charge on any atom is 0.422 e. The normalized spacial score (nSPS) is 14.4. The second-order valence-electron chi connectivity index (χ2n) is 4.11. The maximum atomic E-state index is 12.9. The molecule has 0 spiro atoms. The van der Waals surface area contributed by atoms with Crippen molar-refractivity contribution in [3.8, 4) is 0 Å². The molecule has 5 nitrogen and oxygen atoms in total. The van der Waals surface area contributed by atoms with Crippen LogP contribution in [-0.2, 0) is 4.79 Å². The number of hydrogen-bond acceptors (Lipinski definition) is 3. The van der Waals surface area contributed by atoms with Gasteiger partial charge in [-0.25, -0.2) is 4.79 Å². The molecule has 1 aromatic rings. The number of hydrogen-bond donors (Lipinski definition) is 3. The molecule has 0 saturated carbocycles. The van der Waals surface area contributed by atoms with E-state index in [-0.39, 0.29) is 11.3 Å². The summed E-state index contributed by atoms with van der Waals surface area (Å²) in [5, 5.41) is 10.6. The summed E-state index contributed by atoms with van der Waals surface area (Å²) < 4.78 is 39.1. The van der Waals surface area contributed by atoms with Gasteiger partial charge in [0.1, 0.15) is 0 Å². The molecule has 110 valence electrons. The van der Waals surface area contributed by atoms with Crippen LogP contribution in [0.2, 0.25) is 0 Å². The highest BCUT2D eigenvalue weighted by atomic mass is 79.9. The smallest absolute Gasteiger partial charge is 0.422 e. The highest BCUT2D eigenvalue weighted by molar-refractivity contribution is 9.10. The molecule has 0 aliphatic heterocycles. The lowest BCUT2D eigenvalue weighted by Gasteiger charge is -2.30. The molecule has 0 heterocycles. The van der Waals surface area contributed by atoms with E-state index in [1.165, 1.54) is 12.1 Å². The number of aliphatic carboxylic acids is 1. The van der Waals surface area contributed by atoms with Crippen LogP contribution in [0, 0.1) is 0 Å². The first-order valence-electron chi connectivity index (χ1n) is 5.16. The van der Waals surface area contributed by atoms with Gasteiger partial charge in [0.15, 0.2) is 0 Å². The SMILES string of the molecule is CC(Nc1ccc(Br)cc1C(N)=O)(C(=O)O)C(F)(F)F. The Bertz CT molecular complexity index is 562. The average Bonchev–Trinajstić information content (AvgIpc) is 2.29. The van der Waals surface area contributed by atoms with Crippen molar-refractivity contribution in [2.75, 3.05) is 5.32 Å². The Labute approximate surface area is 120 Å². The number of benzene rings is 1. The van der Waals surface area contributed by atoms with Crippen LogP contribution < -0.4 is 11.1 Å². The number of nitrogens with two attached hydrogens (primary N) is 1. The van der Waals surface area contributed by atoms with E-state index in [1.54, 1.807) is 0 Å². The van der Waals surface area contributed by atoms with Crippen LogP contribution >= 0.6 is 15.9 Å². The van der Waals surface area contributed by atoms with Crippen LogP contribution in [-0.4, -0.2) is 28.7 Å². The molecule has 4 N–H and O–H groups in total. The van der Waals surface area contributed by atoms with Crippen LogP contribution in [0.5, 0.6) is 0 Å². The lowest BCUT2D eigenvalue weighted by molar-refractivity contribution is -0.192. The molecule has 1 atom stereocenters. The molecule has 0 bridgehead atoms. The molecule has 0 fully saturated rings. The first-order chi connectivity index (χ1) is 8.99. The van der Waals surface area contributed by atoms with Crippen molar-refractivity contribution in [3.63, 3.8) is 0 Å². The Kier molecular flexibility index (Phi) is 4.33. The zero-order valence-corrected chi connectivity index (χ0v) is 11.7. The second kappa shape index (κ2) is 5.31. The average molecular weight is 355 g/mol. The first kappa shape index (κ1) is 16.3. The van der Waals surface area contributed by atoms with Crippen molar-refractivity contribution in [3.05, 3.63) is 28.2 Å². The number of alkyl halides is 3. The minimum atomic E-state index is -5.07. The number of nitrogens with one attached hydrogen (secondary N) is 1. The summed E-state index contributed by atoms with van der Waals surface area (Å²) in [5.74, 6) is -3.10. The van der Waals surface area contributed by atoms with E-state index in [4.69, 9.17) is 10.8 Å². The Morgan fingerprint density at radius 2 is 1.90 bits per heavy atom. The van der Waals surface area contributed by atoms with Crippen molar-refractivity contribution in [2.45, 2.75) is 18.6 Å². The molecular weight excluding hydrogens is 345 g/mol. The van der Waals surface area contributed by atoms with E-state index in [0.29, 0.717) is 11.4 Å². The van der Waals surface area contributed by atoms with Gasteiger partial charge in [-0.1, -0.05) is 15.9 Å². The van der Waals surface area contributed by atoms with E-state index in [9.17, 15) is 22.8 Å². The molecule has 0 aliphatic rings. The summed E-state index contributed by atoms with van der Waals surface area (Å²) in [7, 11) is 0. The number of carbonyl (C=O) groups excluding carboxylic acids is 1. The third-order valence-corrected chi connectivity index (χ3v) is 3.12. The largest absolute Gasteiger partial charge is 0.479 e. The molecule has 0 saturated heterocycles. The van der Waals surface area contributed by atoms with Gasteiger partial charge in [-0.3, -0.25) is 4.79 Å². The second-order valence-corrected chi connectivity index (χ2v) is 5.02. The fourth-order valence-corrected chi connectivity index (χ4v) is 1.71. The monoisotopic (exact) mass is 354 g/mol. The molecular formula is C11H10BrF3N2O3.